The van der Waals surface area contributed by atoms with Crippen LogP contribution in [0.2, 0.25) is 0 Å². The minimum atomic E-state index is -0.215. The first kappa shape index (κ1) is 15.9. The Morgan fingerprint density at radius 3 is 2.79 bits per heavy atom. The van der Waals surface area contributed by atoms with Crippen LogP contribution >= 0.6 is 0 Å². The second kappa shape index (κ2) is 9.75. The van der Waals surface area contributed by atoms with E-state index in [-0.39, 0.29) is 17.9 Å². The van der Waals surface area contributed by atoms with Crippen molar-refractivity contribution in [3.05, 3.63) is 0 Å². The number of esters is 1. The number of carbonyl (C=O) groups excluding carboxylic acids is 2. The second-order valence-corrected chi connectivity index (χ2v) is 4.61. The topological polar surface area (TPSA) is 76.7 Å². The second-order valence-electron chi connectivity index (χ2n) is 4.61. The van der Waals surface area contributed by atoms with Crippen molar-refractivity contribution in [3.63, 3.8) is 0 Å². The molecule has 6 heteroatoms. The van der Waals surface area contributed by atoms with Gasteiger partial charge in [-0.05, 0) is 12.8 Å². The standard InChI is InChI=1S/C13H24N2O4/c1-18-12(16)6-4-2-3-5-7-15-13(17)11-10-19-9-8-14-11/h11,14H,2-10H2,1H3,(H,15,17). The highest BCUT2D eigenvalue weighted by atomic mass is 16.5. The molecule has 0 aliphatic carbocycles. The first-order valence-electron chi connectivity index (χ1n) is 6.89. The fourth-order valence-electron chi connectivity index (χ4n) is 1.92. The van der Waals surface area contributed by atoms with Crippen molar-refractivity contribution >= 4 is 11.9 Å². The van der Waals surface area contributed by atoms with Gasteiger partial charge in [0.05, 0.1) is 20.3 Å². The van der Waals surface area contributed by atoms with Crippen LogP contribution in [0.4, 0.5) is 0 Å². The van der Waals surface area contributed by atoms with Crippen molar-refractivity contribution in [1.82, 2.24) is 10.6 Å². The van der Waals surface area contributed by atoms with Crippen molar-refractivity contribution in [1.29, 1.82) is 0 Å². The van der Waals surface area contributed by atoms with Crippen LogP contribution in [-0.2, 0) is 19.1 Å². The number of hydrogen-bond donors (Lipinski definition) is 2. The number of hydrogen-bond acceptors (Lipinski definition) is 5. The number of rotatable bonds is 8. The van der Waals surface area contributed by atoms with Gasteiger partial charge < -0.3 is 20.1 Å². The van der Waals surface area contributed by atoms with Gasteiger partial charge in [0, 0.05) is 19.5 Å². The minimum absolute atomic E-state index is 0.00857. The summed E-state index contributed by atoms with van der Waals surface area (Å²) in [6.07, 6.45) is 4.24. The molecule has 1 atom stereocenters. The first-order valence-corrected chi connectivity index (χ1v) is 6.89. The van der Waals surface area contributed by atoms with Crippen LogP contribution in [0.15, 0.2) is 0 Å². The van der Waals surface area contributed by atoms with Gasteiger partial charge >= 0.3 is 5.97 Å². The molecule has 1 aliphatic rings. The number of carbonyl (C=O) groups is 2. The number of ether oxygens (including phenoxy) is 2. The number of unbranched alkanes of at least 4 members (excludes halogenated alkanes) is 3. The molecule has 0 saturated carbocycles. The largest absolute Gasteiger partial charge is 0.469 e. The highest BCUT2D eigenvalue weighted by Crippen LogP contribution is 2.03. The summed E-state index contributed by atoms with van der Waals surface area (Å²) in [7, 11) is 1.40. The molecule has 1 rings (SSSR count). The Kier molecular flexibility index (Phi) is 8.16. The first-order chi connectivity index (χ1) is 9.24. The van der Waals surface area contributed by atoms with Crippen LogP contribution in [0, 0.1) is 0 Å². The molecule has 1 saturated heterocycles. The lowest BCUT2D eigenvalue weighted by molar-refractivity contribution is -0.140. The Morgan fingerprint density at radius 2 is 2.11 bits per heavy atom. The molecule has 0 aromatic heterocycles. The van der Waals surface area contributed by atoms with Gasteiger partial charge in [-0.3, -0.25) is 9.59 Å². The lowest BCUT2D eigenvalue weighted by Crippen LogP contribution is -2.51. The fourth-order valence-corrected chi connectivity index (χ4v) is 1.92. The number of morpholine rings is 1. The van der Waals surface area contributed by atoms with Crippen molar-refractivity contribution < 1.29 is 19.1 Å². The van der Waals surface area contributed by atoms with Crippen LogP contribution in [0.25, 0.3) is 0 Å². The molecule has 1 unspecified atom stereocenters. The predicted octanol–water partition coefficient (Wildman–Crippen LogP) is 0.215. The number of methoxy groups -OCH3 is 1. The van der Waals surface area contributed by atoms with E-state index in [9.17, 15) is 9.59 Å². The zero-order valence-corrected chi connectivity index (χ0v) is 11.6. The molecule has 0 radical (unpaired) electrons. The highest BCUT2D eigenvalue weighted by Gasteiger charge is 2.20. The van der Waals surface area contributed by atoms with Gasteiger partial charge in [-0.25, -0.2) is 0 Å². The summed E-state index contributed by atoms with van der Waals surface area (Å²) in [5, 5.41) is 6.00. The van der Waals surface area contributed by atoms with Crippen LogP contribution in [-0.4, -0.2) is 51.3 Å². The third kappa shape index (κ3) is 7.12. The molecular formula is C13H24N2O4. The SMILES string of the molecule is COC(=O)CCCCCCNC(=O)C1COCCN1. The van der Waals surface area contributed by atoms with Crippen LogP contribution in [0.1, 0.15) is 32.1 Å². The summed E-state index contributed by atoms with van der Waals surface area (Å²) >= 11 is 0. The monoisotopic (exact) mass is 272 g/mol. The quantitative estimate of drug-likeness (QED) is 0.488. The van der Waals surface area contributed by atoms with Crippen LogP contribution in [0.5, 0.6) is 0 Å². The maximum Gasteiger partial charge on any atom is 0.305 e. The highest BCUT2D eigenvalue weighted by molar-refractivity contribution is 5.81. The molecule has 0 aromatic rings. The summed E-state index contributed by atoms with van der Waals surface area (Å²) in [4.78, 5) is 22.6. The van der Waals surface area contributed by atoms with Crippen molar-refractivity contribution in [2.75, 3.05) is 33.4 Å². The molecule has 19 heavy (non-hydrogen) atoms. The van der Waals surface area contributed by atoms with Crippen molar-refractivity contribution in [2.45, 2.75) is 38.1 Å². The molecule has 1 aliphatic heterocycles. The molecular weight excluding hydrogens is 248 g/mol. The number of nitrogens with one attached hydrogen (secondary N) is 2. The van der Waals surface area contributed by atoms with E-state index in [0.29, 0.717) is 26.2 Å². The van der Waals surface area contributed by atoms with E-state index in [1.807, 2.05) is 0 Å². The van der Waals surface area contributed by atoms with E-state index in [2.05, 4.69) is 15.4 Å². The average molecular weight is 272 g/mol. The molecule has 1 fully saturated rings. The van der Waals surface area contributed by atoms with E-state index in [1.54, 1.807) is 0 Å². The number of amides is 1. The molecule has 2 N–H and O–H groups in total. The summed E-state index contributed by atoms with van der Waals surface area (Å²) < 4.78 is 9.79. The molecule has 110 valence electrons. The van der Waals surface area contributed by atoms with Gasteiger partial charge in [-0.2, -0.15) is 0 Å². The molecule has 0 aromatic carbocycles. The Morgan fingerprint density at radius 1 is 1.32 bits per heavy atom. The third-order valence-corrected chi connectivity index (χ3v) is 3.07. The summed E-state index contributed by atoms with van der Waals surface area (Å²) in [6, 6.07) is -0.215. The van der Waals surface area contributed by atoms with Crippen molar-refractivity contribution in [2.24, 2.45) is 0 Å². The van der Waals surface area contributed by atoms with E-state index < -0.39 is 0 Å². The van der Waals surface area contributed by atoms with Gasteiger partial charge in [0.25, 0.3) is 0 Å². The predicted molar refractivity (Wildman–Crippen MR) is 70.7 cm³/mol. The van der Waals surface area contributed by atoms with E-state index in [1.165, 1.54) is 7.11 Å². The van der Waals surface area contributed by atoms with Gasteiger partial charge in [0.2, 0.25) is 5.91 Å². The normalized spacial score (nSPS) is 18.9. The molecule has 1 amide bonds. The lowest BCUT2D eigenvalue weighted by Gasteiger charge is -2.22. The summed E-state index contributed by atoms with van der Waals surface area (Å²) in [5.41, 5.74) is 0. The summed E-state index contributed by atoms with van der Waals surface area (Å²) in [6.45, 7) is 2.52. The Balaban J connectivity index is 1.92. The van der Waals surface area contributed by atoms with E-state index in [0.717, 1.165) is 32.2 Å². The van der Waals surface area contributed by atoms with E-state index >= 15 is 0 Å². The smallest absolute Gasteiger partial charge is 0.305 e. The van der Waals surface area contributed by atoms with Gasteiger partial charge in [0.15, 0.2) is 0 Å². The van der Waals surface area contributed by atoms with E-state index in [4.69, 9.17) is 4.74 Å². The maximum absolute atomic E-state index is 11.7. The van der Waals surface area contributed by atoms with Crippen LogP contribution < -0.4 is 10.6 Å². The molecule has 1 heterocycles. The van der Waals surface area contributed by atoms with Gasteiger partial charge in [-0.15, -0.1) is 0 Å². The summed E-state index contributed by atoms with van der Waals surface area (Å²) in [5.74, 6) is -0.147. The zero-order valence-electron chi connectivity index (χ0n) is 11.6. The minimum Gasteiger partial charge on any atom is -0.469 e. The third-order valence-electron chi connectivity index (χ3n) is 3.07. The van der Waals surface area contributed by atoms with Gasteiger partial charge in [-0.1, -0.05) is 12.8 Å². The maximum atomic E-state index is 11.7. The zero-order chi connectivity index (χ0) is 13.9. The average Bonchev–Trinajstić information content (AvgIpc) is 2.46. The molecule has 6 nitrogen and oxygen atoms in total. The van der Waals surface area contributed by atoms with Crippen LogP contribution in [0.3, 0.4) is 0 Å². The lowest BCUT2D eigenvalue weighted by atomic mass is 10.1. The Labute approximate surface area is 114 Å². The fraction of sp³-hybridized carbons (Fsp3) is 0.846. The van der Waals surface area contributed by atoms with Gasteiger partial charge in [0.1, 0.15) is 6.04 Å². The Hall–Kier alpha value is -1.14. The molecule has 0 bridgehead atoms. The van der Waals surface area contributed by atoms with Crippen molar-refractivity contribution in [3.8, 4) is 0 Å². The molecule has 0 spiro atoms. The Bertz CT molecular complexity index is 278.